The van der Waals surface area contributed by atoms with E-state index in [0.29, 0.717) is 16.8 Å². The fraction of sp³-hybridized carbons (Fsp3) is 0.304. The van der Waals surface area contributed by atoms with Crippen LogP contribution in [0.3, 0.4) is 0 Å². The quantitative estimate of drug-likeness (QED) is 0.616. The third-order valence-corrected chi connectivity index (χ3v) is 6.74. The van der Waals surface area contributed by atoms with E-state index in [0.717, 1.165) is 43.0 Å². The van der Waals surface area contributed by atoms with E-state index in [9.17, 15) is 13.2 Å². The van der Waals surface area contributed by atoms with Crippen molar-refractivity contribution in [3.63, 3.8) is 0 Å². The van der Waals surface area contributed by atoms with E-state index in [2.05, 4.69) is 20.1 Å². The number of carbonyl (C=O) groups excluding carboxylic acids is 1. The number of nitrogens with one attached hydrogen (secondary N) is 1. The van der Waals surface area contributed by atoms with Gasteiger partial charge in [0, 0.05) is 29.8 Å². The van der Waals surface area contributed by atoms with Gasteiger partial charge in [0.15, 0.2) is 15.7 Å². The third kappa shape index (κ3) is 5.03. The molecule has 1 aliphatic heterocycles. The Kier molecular flexibility index (Phi) is 6.32. The summed E-state index contributed by atoms with van der Waals surface area (Å²) in [5.74, 6) is 0.833. The zero-order valence-electron chi connectivity index (χ0n) is 17.5. The molecule has 0 bridgehead atoms. The monoisotopic (exact) mass is 449 g/mol. The van der Waals surface area contributed by atoms with Crippen LogP contribution in [0, 0.1) is 11.3 Å². The summed E-state index contributed by atoms with van der Waals surface area (Å²) < 4.78 is 25.7. The van der Waals surface area contributed by atoms with Gasteiger partial charge >= 0.3 is 0 Å². The zero-order chi connectivity index (χ0) is 22.6. The maximum atomic E-state index is 12.6. The topological polar surface area (TPSA) is 118 Å². The first-order valence-corrected chi connectivity index (χ1v) is 12.3. The average Bonchev–Trinajstić information content (AvgIpc) is 3.02. The van der Waals surface area contributed by atoms with Crippen LogP contribution >= 0.6 is 0 Å². The number of aromatic nitrogens is 3. The van der Waals surface area contributed by atoms with E-state index in [1.54, 1.807) is 30.3 Å². The third-order valence-electron chi connectivity index (χ3n) is 5.40. The Bertz CT molecular complexity index is 1260. The molecule has 1 amide bonds. The summed E-state index contributed by atoms with van der Waals surface area (Å²) in [4.78, 5) is 12.6. The summed E-state index contributed by atoms with van der Waals surface area (Å²) in [7, 11) is -3.47. The highest BCUT2D eigenvalue weighted by Gasteiger charge is 2.16. The van der Waals surface area contributed by atoms with Gasteiger partial charge in [0.05, 0.1) is 11.8 Å². The number of hydrogen-bond acceptors (Lipinski definition) is 6. The Morgan fingerprint density at radius 3 is 2.50 bits per heavy atom. The van der Waals surface area contributed by atoms with Crippen molar-refractivity contribution in [2.24, 2.45) is 0 Å². The molecule has 164 valence electrons. The average molecular weight is 450 g/mol. The predicted molar refractivity (Wildman–Crippen MR) is 121 cm³/mol. The molecular formula is C23H23N5O3S. The number of amides is 1. The van der Waals surface area contributed by atoms with Crippen molar-refractivity contribution in [2.45, 2.75) is 38.0 Å². The van der Waals surface area contributed by atoms with E-state index >= 15 is 0 Å². The first kappa shape index (κ1) is 21.7. The van der Waals surface area contributed by atoms with Crippen LogP contribution in [0.5, 0.6) is 0 Å². The van der Waals surface area contributed by atoms with Crippen LogP contribution < -0.4 is 5.32 Å². The van der Waals surface area contributed by atoms with Crippen LogP contribution in [-0.4, -0.2) is 34.8 Å². The largest absolute Gasteiger partial charge is 0.322 e. The van der Waals surface area contributed by atoms with E-state index in [1.165, 1.54) is 6.42 Å². The minimum absolute atomic E-state index is 0.226. The lowest BCUT2D eigenvalue weighted by atomic mass is 10.1. The maximum Gasteiger partial charge on any atom is 0.255 e. The molecule has 32 heavy (non-hydrogen) atoms. The molecule has 0 saturated heterocycles. The second-order valence-corrected chi connectivity index (χ2v) is 9.89. The molecule has 2 heterocycles. The smallest absolute Gasteiger partial charge is 0.255 e. The van der Waals surface area contributed by atoms with Crippen LogP contribution in [0.1, 0.15) is 41.0 Å². The highest BCUT2D eigenvalue weighted by molar-refractivity contribution is 7.90. The first-order valence-electron chi connectivity index (χ1n) is 10.5. The van der Waals surface area contributed by atoms with Crippen molar-refractivity contribution in [1.29, 1.82) is 5.26 Å². The van der Waals surface area contributed by atoms with E-state index < -0.39 is 15.6 Å². The van der Waals surface area contributed by atoms with Gasteiger partial charge in [0.1, 0.15) is 11.6 Å². The molecule has 0 aliphatic carbocycles. The highest BCUT2D eigenvalue weighted by atomic mass is 32.2. The molecule has 1 aliphatic rings. The van der Waals surface area contributed by atoms with Crippen molar-refractivity contribution in [3.05, 3.63) is 65.5 Å². The molecule has 4 rings (SSSR count). The summed E-state index contributed by atoms with van der Waals surface area (Å²) in [6, 6.07) is 15.5. The van der Waals surface area contributed by atoms with Crippen molar-refractivity contribution in [1.82, 2.24) is 14.8 Å². The van der Waals surface area contributed by atoms with Crippen LogP contribution in [0.25, 0.3) is 11.4 Å². The van der Waals surface area contributed by atoms with Crippen LogP contribution in [0.15, 0.2) is 48.5 Å². The molecule has 0 saturated carbocycles. The van der Waals surface area contributed by atoms with Gasteiger partial charge in [0.25, 0.3) is 5.91 Å². The predicted octanol–water partition coefficient (Wildman–Crippen LogP) is 3.36. The number of rotatable bonds is 6. The lowest BCUT2D eigenvalue weighted by molar-refractivity contribution is 0.102. The molecule has 0 radical (unpaired) electrons. The van der Waals surface area contributed by atoms with Gasteiger partial charge in [-0.1, -0.05) is 18.6 Å². The Morgan fingerprint density at radius 1 is 1.03 bits per heavy atom. The normalized spacial score (nSPS) is 13.6. The molecule has 0 atom stereocenters. The van der Waals surface area contributed by atoms with E-state index in [1.807, 2.05) is 24.3 Å². The van der Waals surface area contributed by atoms with Gasteiger partial charge in [-0.25, -0.2) is 8.42 Å². The molecule has 0 fully saturated rings. The van der Waals surface area contributed by atoms with Crippen LogP contribution in [0.2, 0.25) is 0 Å². The summed E-state index contributed by atoms with van der Waals surface area (Å²) in [5, 5.41) is 20.1. The van der Waals surface area contributed by atoms with Gasteiger partial charge < -0.3 is 9.88 Å². The van der Waals surface area contributed by atoms with Crippen molar-refractivity contribution in [2.75, 3.05) is 11.1 Å². The first-order chi connectivity index (χ1) is 15.4. The second kappa shape index (κ2) is 9.32. The fourth-order valence-corrected chi connectivity index (χ4v) is 4.76. The van der Waals surface area contributed by atoms with Crippen molar-refractivity contribution in [3.8, 4) is 17.5 Å². The Hall–Kier alpha value is -3.51. The van der Waals surface area contributed by atoms with Crippen molar-refractivity contribution < 1.29 is 13.2 Å². The Balaban J connectivity index is 1.42. The Morgan fingerprint density at radius 2 is 1.78 bits per heavy atom. The van der Waals surface area contributed by atoms with Gasteiger partial charge in [-0.2, -0.15) is 5.26 Å². The summed E-state index contributed by atoms with van der Waals surface area (Å²) >= 11 is 0. The van der Waals surface area contributed by atoms with E-state index in [-0.39, 0.29) is 11.7 Å². The van der Waals surface area contributed by atoms with Crippen LogP contribution in [-0.2, 0) is 28.6 Å². The number of aryl methyl sites for hydroxylation is 1. The number of anilines is 1. The lowest BCUT2D eigenvalue weighted by Crippen LogP contribution is -2.12. The van der Waals surface area contributed by atoms with Gasteiger partial charge in [-0.15, -0.1) is 10.2 Å². The molecule has 9 heteroatoms. The number of benzene rings is 2. The Labute approximate surface area is 186 Å². The molecular weight excluding hydrogens is 426 g/mol. The molecule has 1 N–H and O–H groups in total. The second-order valence-electron chi connectivity index (χ2n) is 7.82. The molecule has 8 nitrogen and oxygen atoms in total. The SMILES string of the molecule is N#CCS(=O)(=O)Cc1ccc(C(=O)Nc2ccc(-c3nnc4n3CCCCC4)cc2)cc1. The summed E-state index contributed by atoms with van der Waals surface area (Å²) in [6.45, 7) is 0.921. The van der Waals surface area contributed by atoms with Gasteiger partial charge in [-0.3, -0.25) is 4.79 Å². The number of nitrogens with zero attached hydrogens (tertiary/aromatic N) is 4. The van der Waals surface area contributed by atoms with Crippen LogP contribution in [0.4, 0.5) is 5.69 Å². The summed E-state index contributed by atoms with van der Waals surface area (Å²) in [6.07, 6.45) is 4.41. The van der Waals surface area contributed by atoms with Gasteiger partial charge in [0.2, 0.25) is 0 Å². The number of nitriles is 1. The summed E-state index contributed by atoms with van der Waals surface area (Å²) in [5.41, 5.74) is 2.55. The fourth-order valence-electron chi connectivity index (χ4n) is 3.76. The standard InChI is InChI=1S/C23H23N5O3S/c24-13-15-32(30,31)16-17-5-7-19(8-6-17)23(29)25-20-11-9-18(10-12-20)22-27-26-21-4-2-1-3-14-28(21)22/h5-12H,1-4,14-16H2,(H,25,29). The molecule has 3 aromatic rings. The molecule has 2 aromatic carbocycles. The lowest BCUT2D eigenvalue weighted by Gasteiger charge is -2.09. The molecule has 1 aromatic heterocycles. The number of hydrogen-bond donors (Lipinski definition) is 1. The maximum absolute atomic E-state index is 12.6. The molecule has 0 spiro atoms. The van der Waals surface area contributed by atoms with Crippen molar-refractivity contribution >= 4 is 21.4 Å². The minimum Gasteiger partial charge on any atom is -0.322 e. The highest BCUT2D eigenvalue weighted by Crippen LogP contribution is 2.24. The number of sulfone groups is 1. The molecule has 0 unspecified atom stereocenters. The number of carbonyl (C=O) groups is 1. The van der Waals surface area contributed by atoms with Gasteiger partial charge in [-0.05, 0) is 54.8 Å². The zero-order valence-corrected chi connectivity index (χ0v) is 18.3. The van der Waals surface area contributed by atoms with E-state index in [4.69, 9.17) is 5.26 Å². The minimum atomic E-state index is -3.47. The number of fused-ring (bicyclic) bond motifs is 1.